The Kier molecular flexibility index (Phi) is 10.4. The Morgan fingerprint density at radius 1 is 1.30 bits per heavy atom. The average Bonchev–Trinajstić information content (AvgIpc) is 2.56. The second-order valence-corrected chi connectivity index (χ2v) is 5.93. The number of rotatable bonds is 9. The molecule has 0 aliphatic carbocycles. The second-order valence-electron chi connectivity index (χ2n) is 5.93. The van der Waals surface area contributed by atoms with Crippen LogP contribution in [0.15, 0.2) is 4.99 Å². The first-order valence-corrected chi connectivity index (χ1v) is 8.46. The number of methoxy groups -OCH3 is 1. The summed E-state index contributed by atoms with van der Waals surface area (Å²) in [6, 6.07) is 0. The van der Waals surface area contributed by atoms with Crippen LogP contribution in [0.3, 0.4) is 0 Å². The Bertz CT molecular complexity index is 355. The van der Waals surface area contributed by atoms with Crippen LogP contribution >= 0.6 is 0 Å². The zero-order valence-corrected chi connectivity index (χ0v) is 14.8. The zero-order chi connectivity index (χ0) is 16.9. The number of nitrogens with one attached hydrogen (secondary N) is 2. The fourth-order valence-corrected chi connectivity index (χ4v) is 2.31. The molecule has 0 aromatic heterocycles. The van der Waals surface area contributed by atoms with Crippen molar-refractivity contribution in [3.8, 4) is 0 Å². The van der Waals surface area contributed by atoms with Gasteiger partial charge in [-0.1, -0.05) is 0 Å². The number of ether oxygens (including phenoxy) is 2. The molecule has 1 unspecified atom stereocenters. The van der Waals surface area contributed by atoms with Crippen molar-refractivity contribution >= 4 is 11.9 Å². The summed E-state index contributed by atoms with van der Waals surface area (Å²) in [6.07, 6.45) is 6.13. The Balaban J connectivity index is 2.29. The van der Waals surface area contributed by atoms with Crippen LogP contribution in [0.1, 0.15) is 32.1 Å². The van der Waals surface area contributed by atoms with Crippen molar-refractivity contribution in [2.45, 2.75) is 38.2 Å². The van der Waals surface area contributed by atoms with Gasteiger partial charge in [-0.05, 0) is 32.1 Å². The van der Waals surface area contributed by atoms with Crippen molar-refractivity contribution in [3.63, 3.8) is 0 Å². The van der Waals surface area contributed by atoms with E-state index in [0.29, 0.717) is 25.2 Å². The molecular formula is C16H32N4O3. The van der Waals surface area contributed by atoms with Gasteiger partial charge in [-0.2, -0.15) is 0 Å². The Morgan fingerprint density at radius 3 is 2.74 bits per heavy atom. The summed E-state index contributed by atoms with van der Waals surface area (Å²) < 4.78 is 10.8. The van der Waals surface area contributed by atoms with E-state index in [1.165, 1.54) is 24.2 Å². The van der Waals surface area contributed by atoms with Crippen LogP contribution in [0, 0.1) is 0 Å². The summed E-state index contributed by atoms with van der Waals surface area (Å²) in [5.41, 5.74) is 0. The minimum absolute atomic E-state index is 0.0200. The molecule has 0 radical (unpaired) electrons. The first-order chi connectivity index (χ1) is 11.1. The van der Waals surface area contributed by atoms with Crippen molar-refractivity contribution in [3.05, 3.63) is 0 Å². The normalized spacial score (nSPS) is 18.6. The van der Waals surface area contributed by atoms with E-state index in [1.807, 2.05) is 0 Å². The van der Waals surface area contributed by atoms with Crippen LogP contribution in [-0.4, -0.2) is 76.9 Å². The summed E-state index contributed by atoms with van der Waals surface area (Å²) in [5.74, 6) is 0.634. The van der Waals surface area contributed by atoms with Gasteiger partial charge in [0.05, 0.1) is 12.7 Å². The molecule has 0 saturated carbocycles. The lowest BCUT2D eigenvalue weighted by Crippen LogP contribution is -2.40. The molecular weight excluding hydrogens is 296 g/mol. The topological polar surface area (TPSA) is 75.2 Å². The Hall–Kier alpha value is -1.34. The summed E-state index contributed by atoms with van der Waals surface area (Å²) in [6.45, 7) is 3.11. The van der Waals surface area contributed by atoms with Gasteiger partial charge in [-0.15, -0.1) is 0 Å². The van der Waals surface area contributed by atoms with E-state index in [4.69, 9.17) is 9.47 Å². The third kappa shape index (κ3) is 9.40. The first kappa shape index (κ1) is 19.7. The highest BCUT2D eigenvalue weighted by Gasteiger charge is 2.13. The fraction of sp³-hybridized carbons (Fsp3) is 0.875. The van der Waals surface area contributed by atoms with Crippen molar-refractivity contribution in [2.75, 3.05) is 54.1 Å². The number of likely N-dealkylation sites (N-methyl/N-ethyl adjacent to an activating group) is 1. The number of amides is 1. The number of guanidine groups is 1. The average molecular weight is 328 g/mol. The standard InChI is InChI=1S/C16H32N4O3/c1-20(2)15(21)13-19-16(18-10-12-22-3)17-9-6-8-14-7-4-5-11-23-14/h14H,4-13H2,1-3H3,(H2,17,18,19). The van der Waals surface area contributed by atoms with Crippen LogP contribution in [0.2, 0.25) is 0 Å². The predicted octanol–water partition coefficient (Wildman–Crippen LogP) is 0.606. The molecule has 1 aliphatic rings. The number of hydrogen-bond donors (Lipinski definition) is 2. The third-order valence-electron chi connectivity index (χ3n) is 3.74. The Morgan fingerprint density at radius 2 is 2.09 bits per heavy atom. The molecule has 1 aliphatic heterocycles. The minimum atomic E-state index is -0.0200. The maximum Gasteiger partial charge on any atom is 0.243 e. The summed E-state index contributed by atoms with van der Waals surface area (Å²) in [4.78, 5) is 17.5. The van der Waals surface area contributed by atoms with E-state index < -0.39 is 0 Å². The van der Waals surface area contributed by atoms with Gasteiger partial charge in [0.15, 0.2) is 5.96 Å². The second kappa shape index (κ2) is 12.1. The molecule has 1 fully saturated rings. The molecule has 1 heterocycles. The van der Waals surface area contributed by atoms with Crippen LogP contribution in [0.5, 0.6) is 0 Å². The van der Waals surface area contributed by atoms with Gasteiger partial charge in [0.25, 0.3) is 0 Å². The molecule has 7 nitrogen and oxygen atoms in total. The van der Waals surface area contributed by atoms with Gasteiger partial charge < -0.3 is 25.0 Å². The van der Waals surface area contributed by atoms with Crippen molar-refractivity contribution in [1.82, 2.24) is 15.5 Å². The lowest BCUT2D eigenvalue weighted by molar-refractivity contribution is -0.127. The third-order valence-corrected chi connectivity index (χ3v) is 3.74. The zero-order valence-electron chi connectivity index (χ0n) is 14.8. The SMILES string of the molecule is COCCNC(=NCC(=O)N(C)C)NCCCC1CCCCO1. The lowest BCUT2D eigenvalue weighted by Gasteiger charge is -2.22. The van der Waals surface area contributed by atoms with Gasteiger partial charge >= 0.3 is 0 Å². The van der Waals surface area contributed by atoms with Gasteiger partial charge in [0.1, 0.15) is 6.54 Å². The highest BCUT2D eigenvalue weighted by molar-refractivity contribution is 5.84. The molecule has 1 atom stereocenters. The maximum absolute atomic E-state index is 11.6. The molecule has 1 saturated heterocycles. The quantitative estimate of drug-likeness (QED) is 0.368. The summed E-state index contributed by atoms with van der Waals surface area (Å²) in [7, 11) is 5.12. The van der Waals surface area contributed by atoms with E-state index >= 15 is 0 Å². The number of carbonyl (C=O) groups excluding carboxylic acids is 1. The van der Waals surface area contributed by atoms with Crippen LogP contribution < -0.4 is 10.6 Å². The van der Waals surface area contributed by atoms with Gasteiger partial charge in [-0.25, -0.2) is 4.99 Å². The van der Waals surface area contributed by atoms with E-state index in [0.717, 1.165) is 26.0 Å². The molecule has 0 bridgehead atoms. The van der Waals surface area contributed by atoms with E-state index in [-0.39, 0.29) is 12.5 Å². The number of hydrogen-bond acceptors (Lipinski definition) is 4. The van der Waals surface area contributed by atoms with Crippen molar-refractivity contribution in [2.24, 2.45) is 4.99 Å². The first-order valence-electron chi connectivity index (χ1n) is 8.46. The molecule has 2 N–H and O–H groups in total. The molecule has 23 heavy (non-hydrogen) atoms. The van der Waals surface area contributed by atoms with Gasteiger partial charge in [-0.3, -0.25) is 4.79 Å². The molecule has 0 spiro atoms. The molecule has 0 aromatic carbocycles. The van der Waals surface area contributed by atoms with E-state index in [2.05, 4.69) is 15.6 Å². The van der Waals surface area contributed by atoms with Gasteiger partial charge in [0.2, 0.25) is 5.91 Å². The lowest BCUT2D eigenvalue weighted by atomic mass is 10.0. The summed E-state index contributed by atoms with van der Waals surface area (Å²) >= 11 is 0. The fourth-order valence-electron chi connectivity index (χ4n) is 2.31. The smallest absolute Gasteiger partial charge is 0.243 e. The van der Waals surface area contributed by atoms with Crippen LogP contribution in [-0.2, 0) is 14.3 Å². The van der Waals surface area contributed by atoms with Crippen molar-refractivity contribution in [1.29, 1.82) is 0 Å². The molecule has 7 heteroatoms. The molecule has 0 aromatic rings. The highest BCUT2D eigenvalue weighted by atomic mass is 16.5. The minimum Gasteiger partial charge on any atom is -0.383 e. The number of aliphatic imine (C=N–C) groups is 1. The van der Waals surface area contributed by atoms with E-state index in [9.17, 15) is 4.79 Å². The largest absolute Gasteiger partial charge is 0.383 e. The predicted molar refractivity (Wildman–Crippen MR) is 91.7 cm³/mol. The van der Waals surface area contributed by atoms with Crippen molar-refractivity contribution < 1.29 is 14.3 Å². The van der Waals surface area contributed by atoms with E-state index in [1.54, 1.807) is 21.2 Å². The maximum atomic E-state index is 11.6. The Labute approximate surface area is 139 Å². The van der Waals surface area contributed by atoms with Crippen LogP contribution in [0.25, 0.3) is 0 Å². The monoisotopic (exact) mass is 328 g/mol. The van der Waals surface area contributed by atoms with Gasteiger partial charge in [0, 0.05) is 40.9 Å². The summed E-state index contributed by atoms with van der Waals surface area (Å²) in [5, 5.41) is 6.43. The number of carbonyl (C=O) groups is 1. The van der Waals surface area contributed by atoms with Crippen LogP contribution in [0.4, 0.5) is 0 Å². The highest BCUT2D eigenvalue weighted by Crippen LogP contribution is 2.16. The molecule has 1 amide bonds. The molecule has 134 valence electrons. The molecule has 1 rings (SSSR count). The number of nitrogens with zero attached hydrogens (tertiary/aromatic N) is 2.